The zero-order chi connectivity index (χ0) is 15.9. The fourth-order valence-electron chi connectivity index (χ4n) is 2.56. The quantitative estimate of drug-likeness (QED) is 0.691. The zero-order valence-electron chi connectivity index (χ0n) is 13.0. The van der Waals surface area contributed by atoms with E-state index < -0.39 is 0 Å². The number of benzene rings is 1. The van der Waals surface area contributed by atoms with Crippen LogP contribution in [-0.2, 0) is 0 Å². The van der Waals surface area contributed by atoms with E-state index in [1.807, 2.05) is 32.0 Å². The minimum absolute atomic E-state index is 0.744. The summed E-state index contributed by atoms with van der Waals surface area (Å²) in [6.07, 6.45) is 1.78. The summed E-state index contributed by atoms with van der Waals surface area (Å²) in [5.74, 6) is 1.69. The minimum Gasteiger partial charge on any atom is -0.496 e. The topological polar surface area (TPSA) is 47.3 Å². The molecule has 0 amide bonds. The molecule has 0 aliphatic heterocycles. The third-order valence-corrected chi connectivity index (χ3v) is 4.31. The lowest BCUT2D eigenvalue weighted by Crippen LogP contribution is -2.00. The second kappa shape index (κ2) is 5.65. The van der Waals surface area contributed by atoms with E-state index in [2.05, 4.69) is 33.2 Å². The van der Waals surface area contributed by atoms with Crippen LogP contribution in [0.25, 0.3) is 11.1 Å². The van der Waals surface area contributed by atoms with Crippen molar-refractivity contribution in [3.63, 3.8) is 0 Å². The number of fused-ring (bicyclic) bond motifs is 1. The average Bonchev–Trinajstić information content (AvgIpc) is 2.86. The highest BCUT2D eigenvalue weighted by Crippen LogP contribution is 2.37. The van der Waals surface area contributed by atoms with Crippen LogP contribution in [-0.4, -0.2) is 12.1 Å². The summed E-state index contributed by atoms with van der Waals surface area (Å²) in [5, 5.41) is 3.48. The molecule has 0 unspecified atom stereocenters. The van der Waals surface area contributed by atoms with Crippen LogP contribution in [0, 0.1) is 20.8 Å². The van der Waals surface area contributed by atoms with Crippen LogP contribution in [0.2, 0.25) is 0 Å². The van der Waals surface area contributed by atoms with Gasteiger partial charge < -0.3 is 14.5 Å². The largest absolute Gasteiger partial charge is 0.496 e. The predicted octanol–water partition coefficient (Wildman–Crippen LogP) is 5.27. The van der Waals surface area contributed by atoms with Crippen LogP contribution >= 0.6 is 15.9 Å². The Bertz CT molecular complexity index is 855. The molecule has 0 saturated heterocycles. The number of rotatable bonds is 3. The van der Waals surface area contributed by atoms with Crippen LogP contribution in [0.4, 0.5) is 11.4 Å². The molecule has 0 aliphatic rings. The summed E-state index contributed by atoms with van der Waals surface area (Å²) in [5.41, 5.74) is 5.66. The lowest BCUT2D eigenvalue weighted by atomic mass is 10.1. The number of hydrogen-bond donors (Lipinski definition) is 1. The van der Waals surface area contributed by atoms with Crippen LogP contribution in [0.1, 0.15) is 16.9 Å². The SMILES string of the molecule is COc1ccc(C)c(Nc2c(Br)cnc3cc(C)oc23)c1C. The van der Waals surface area contributed by atoms with Gasteiger partial charge in [-0.05, 0) is 48.3 Å². The maximum atomic E-state index is 5.80. The first-order chi connectivity index (χ1) is 10.5. The fourth-order valence-corrected chi connectivity index (χ4v) is 2.94. The number of nitrogens with one attached hydrogen (secondary N) is 1. The standard InChI is InChI=1S/C17H17BrN2O2/c1-9-5-6-14(21-4)11(3)15(9)20-16-12(18)8-19-13-7-10(2)22-17(13)16/h5-8H,1-4H3,(H,19,20). The fraction of sp³-hybridized carbons (Fsp3) is 0.235. The van der Waals surface area contributed by atoms with Gasteiger partial charge in [-0.2, -0.15) is 0 Å². The molecule has 0 aliphatic carbocycles. The van der Waals surface area contributed by atoms with Crippen molar-refractivity contribution in [2.24, 2.45) is 0 Å². The lowest BCUT2D eigenvalue weighted by molar-refractivity contribution is 0.412. The van der Waals surface area contributed by atoms with E-state index in [0.29, 0.717) is 0 Å². The van der Waals surface area contributed by atoms with Gasteiger partial charge in [0.1, 0.15) is 22.7 Å². The summed E-state index contributed by atoms with van der Waals surface area (Å²) in [7, 11) is 1.68. The van der Waals surface area contributed by atoms with Crippen molar-refractivity contribution in [3.8, 4) is 5.75 Å². The Morgan fingerprint density at radius 3 is 2.68 bits per heavy atom. The average molecular weight is 361 g/mol. The van der Waals surface area contributed by atoms with Crippen molar-refractivity contribution in [1.82, 2.24) is 4.98 Å². The van der Waals surface area contributed by atoms with E-state index >= 15 is 0 Å². The van der Waals surface area contributed by atoms with Crippen LogP contribution in [0.15, 0.2) is 33.3 Å². The molecule has 0 radical (unpaired) electrons. The molecule has 22 heavy (non-hydrogen) atoms. The summed E-state index contributed by atoms with van der Waals surface area (Å²) in [6, 6.07) is 5.94. The molecule has 3 rings (SSSR count). The molecule has 3 aromatic rings. The molecule has 0 saturated carbocycles. The van der Waals surface area contributed by atoms with E-state index in [1.165, 1.54) is 0 Å². The Balaban J connectivity index is 2.17. The highest BCUT2D eigenvalue weighted by Gasteiger charge is 2.15. The first-order valence-corrected chi connectivity index (χ1v) is 7.76. The number of methoxy groups -OCH3 is 1. The monoisotopic (exact) mass is 360 g/mol. The van der Waals surface area contributed by atoms with E-state index in [-0.39, 0.29) is 0 Å². The molecule has 2 heterocycles. The first-order valence-electron chi connectivity index (χ1n) is 6.97. The van der Waals surface area contributed by atoms with Gasteiger partial charge in [0.05, 0.1) is 11.6 Å². The second-order valence-electron chi connectivity index (χ2n) is 5.26. The van der Waals surface area contributed by atoms with Crippen molar-refractivity contribution in [2.45, 2.75) is 20.8 Å². The van der Waals surface area contributed by atoms with E-state index in [1.54, 1.807) is 13.3 Å². The van der Waals surface area contributed by atoms with Gasteiger partial charge in [0, 0.05) is 23.5 Å². The third-order valence-electron chi connectivity index (χ3n) is 3.71. The van der Waals surface area contributed by atoms with Crippen LogP contribution in [0.3, 0.4) is 0 Å². The lowest BCUT2D eigenvalue weighted by Gasteiger charge is -2.16. The number of anilines is 2. The Labute approximate surface area is 137 Å². The summed E-state index contributed by atoms with van der Waals surface area (Å²) < 4.78 is 12.1. The maximum Gasteiger partial charge on any atom is 0.177 e. The number of pyridine rings is 1. The molecular formula is C17H17BrN2O2. The Morgan fingerprint density at radius 2 is 1.95 bits per heavy atom. The van der Waals surface area contributed by atoms with Crippen LogP contribution in [0.5, 0.6) is 5.75 Å². The van der Waals surface area contributed by atoms with Crippen molar-refractivity contribution < 1.29 is 9.15 Å². The van der Waals surface area contributed by atoms with Gasteiger partial charge in [0.2, 0.25) is 0 Å². The predicted molar refractivity (Wildman–Crippen MR) is 92.2 cm³/mol. The van der Waals surface area contributed by atoms with Crippen molar-refractivity contribution >= 4 is 38.4 Å². The Hall–Kier alpha value is -2.01. The molecule has 0 fully saturated rings. The molecule has 0 spiro atoms. The van der Waals surface area contributed by atoms with E-state index in [9.17, 15) is 0 Å². The minimum atomic E-state index is 0.744. The highest BCUT2D eigenvalue weighted by molar-refractivity contribution is 9.10. The highest BCUT2D eigenvalue weighted by atomic mass is 79.9. The molecule has 1 aromatic carbocycles. The Morgan fingerprint density at radius 1 is 1.18 bits per heavy atom. The van der Waals surface area contributed by atoms with E-state index in [0.717, 1.165) is 49.6 Å². The molecule has 2 aromatic heterocycles. The van der Waals surface area contributed by atoms with Gasteiger partial charge in [-0.15, -0.1) is 0 Å². The van der Waals surface area contributed by atoms with Gasteiger partial charge >= 0.3 is 0 Å². The normalized spacial score (nSPS) is 11.0. The van der Waals surface area contributed by atoms with Crippen molar-refractivity contribution in [1.29, 1.82) is 0 Å². The molecule has 5 heteroatoms. The Kier molecular flexibility index (Phi) is 3.83. The maximum absolute atomic E-state index is 5.80. The van der Waals surface area contributed by atoms with Crippen molar-refractivity contribution in [3.05, 3.63) is 45.8 Å². The van der Waals surface area contributed by atoms with E-state index in [4.69, 9.17) is 9.15 Å². The summed E-state index contributed by atoms with van der Waals surface area (Å²) >= 11 is 3.55. The van der Waals surface area contributed by atoms with Crippen LogP contribution < -0.4 is 10.1 Å². The van der Waals surface area contributed by atoms with Gasteiger partial charge in [-0.3, -0.25) is 4.98 Å². The van der Waals surface area contributed by atoms with Gasteiger partial charge in [-0.1, -0.05) is 6.07 Å². The van der Waals surface area contributed by atoms with Gasteiger partial charge in [0.15, 0.2) is 5.58 Å². The zero-order valence-corrected chi connectivity index (χ0v) is 14.5. The molecule has 0 bridgehead atoms. The number of hydrogen-bond acceptors (Lipinski definition) is 4. The summed E-state index contributed by atoms with van der Waals surface area (Å²) in [4.78, 5) is 4.38. The van der Waals surface area contributed by atoms with Gasteiger partial charge in [0.25, 0.3) is 0 Å². The number of aromatic nitrogens is 1. The molecular weight excluding hydrogens is 344 g/mol. The molecule has 114 valence electrons. The third kappa shape index (κ3) is 2.46. The number of halogens is 1. The van der Waals surface area contributed by atoms with Gasteiger partial charge in [-0.25, -0.2) is 0 Å². The molecule has 4 nitrogen and oxygen atoms in total. The number of aryl methyl sites for hydroxylation is 2. The first kappa shape index (κ1) is 14.9. The summed E-state index contributed by atoms with van der Waals surface area (Å²) in [6.45, 7) is 6.02. The number of nitrogens with zero attached hydrogens (tertiary/aromatic N) is 1. The number of ether oxygens (including phenoxy) is 1. The smallest absolute Gasteiger partial charge is 0.177 e. The molecule has 0 atom stereocenters. The number of furan rings is 1. The van der Waals surface area contributed by atoms with Crippen molar-refractivity contribution in [2.75, 3.05) is 12.4 Å². The second-order valence-corrected chi connectivity index (χ2v) is 6.12. The molecule has 1 N–H and O–H groups in total.